The van der Waals surface area contributed by atoms with Gasteiger partial charge in [0.05, 0.1) is 12.8 Å². The Hall–Kier alpha value is -3.18. The van der Waals surface area contributed by atoms with E-state index < -0.39 is 0 Å². The minimum atomic E-state index is 0.0855. The summed E-state index contributed by atoms with van der Waals surface area (Å²) >= 11 is 6.00. The molecule has 6 heteroatoms. The summed E-state index contributed by atoms with van der Waals surface area (Å²) in [5.74, 6) is 1.96. The van der Waals surface area contributed by atoms with Crippen LogP contribution in [0.5, 0.6) is 23.0 Å². The van der Waals surface area contributed by atoms with Gasteiger partial charge in [0.1, 0.15) is 22.9 Å². The molecule has 0 bridgehead atoms. The Kier molecular flexibility index (Phi) is 6.63. The maximum atomic E-state index is 10.6. The van der Waals surface area contributed by atoms with Crippen molar-refractivity contribution in [2.75, 3.05) is 6.61 Å². The van der Waals surface area contributed by atoms with E-state index in [1.54, 1.807) is 18.3 Å². The molecule has 2 N–H and O–H groups in total. The standard InChI is InChI=1S/C25H25ClN2O3/c1-2-17-5-9-20(10-6-17)31-24-16-27-28-25(24)22-12-11-21(15-23(22)29)30-14-13-18-3-7-19(26)8-4-18/h3,5-7,9-12,15-16,29H,2,4,8,13-14H2,1H3,(H,27,28). The van der Waals surface area contributed by atoms with E-state index in [2.05, 4.69) is 23.2 Å². The number of phenolic OH excluding ortho intramolecular Hbond substituents is 1. The van der Waals surface area contributed by atoms with E-state index in [-0.39, 0.29) is 5.75 Å². The normalized spacial score (nSPS) is 13.5. The first-order valence-electron chi connectivity index (χ1n) is 10.4. The number of phenols is 1. The van der Waals surface area contributed by atoms with Gasteiger partial charge in [-0.15, -0.1) is 0 Å². The average Bonchev–Trinajstić information content (AvgIpc) is 3.23. The monoisotopic (exact) mass is 436 g/mol. The van der Waals surface area contributed by atoms with Crippen LogP contribution in [-0.4, -0.2) is 21.9 Å². The van der Waals surface area contributed by atoms with Crippen LogP contribution in [0.3, 0.4) is 0 Å². The van der Waals surface area contributed by atoms with Crippen LogP contribution in [0.4, 0.5) is 0 Å². The first-order valence-corrected chi connectivity index (χ1v) is 10.8. The predicted molar refractivity (Wildman–Crippen MR) is 123 cm³/mol. The Labute approximate surface area is 187 Å². The predicted octanol–water partition coefficient (Wildman–Crippen LogP) is 6.75. The number of benzene rings is 2. The molecule has 31 heavy (non-hydrogen) atoms. The summed E-state index contributed by atoms with van der Waals surface area (Å²) in [4.78, 5) is 0. The summed E-state index contributed by atoms with van der Waals surface area (Å²) < 4.78 is 11.8. The zero-order valence-electron chi connectivity index (χ0n) is 17.4. The lowest BCUT2D eigenvalue weighted by Crippen LogP contribution is -2.01. The summed E-state index contributed by atoms with van der Waals surface area (Å²) in [5, 5.41) is 18.5. The molecule has 2 aromatic carbocycles. The van der Waals surface area contributed by atoms with Crippen molar-refractivity contribution in [3.05, 3.63) is 77.0 Å². The Bertz CT molecular complexity index is 1100. The maximum absolute atomic E-state index is 10.6. The number of aromatic hydroxyl groups is 1. The van der Waals surface area contributed by atoms with Gasteiger partial charge in [-0.1, -0.05) is 42.3 Å². The highest BCUT2D eigenvalue weighted by Gasteiger charge is 2.15. The number of halogens is 1. The van der Waals surface area contributed by atoms with Crippen molar-refractivity contribution >= 4 is 11.6 Å². The molecule has 0 saturated carbocycles. The number of nitrogens with one attached hydrogen (secondary N) is 1. The third-order valence-electron chi connectivity index (χ3n) is 5.27. The lowest BCUT2D eigenvalue weighted by atomic mass is 10.0. The van der Waals surface area contributed by atoms with Crippen molar-refractivity contribution in [2.45, 2.75) is 32.6 Å². The summed E-state index contributed by atoms with van der Waals surface area (Å²) in [6.45, 7) is 2.65. The third-order valence-corrected chi connectivity index (χ3v) is 5.58. The van der Waals surface area contributed by atoms with E-state index in [1.165, 1.54) is 11.1 Å². The quantitative estimate of drug-likeness (QED) is 0.410. The molecule has 0 radical (unpaired) electrons. The minimum Gasteiger partial charge on any atom is -0.507 e. The molecule has 160 valence electrons. The lowest BCUT2D eigenvalue weighted by molar-refractivity contribution is 0.318. The molecule has 5 nitrogen and oxygen atoms in total. The second kappa shape index (κ2) is 9.75. The molecule has 1 aromatic heterocycles. The highest BCUT2D eigenvalue weighted by Crippen LogP contribution is 2.38. The molecule has 3 aromatic rings. The molecule has 0 saturated heterocycles. The van der Waals surface area contributed by atoms with Crippen LogP contribution in [0.2, 0.25) is 0 Å². The fourth-order valence-electron chi connectivity index (χ4n) is 3.43. The highest BCUT2D eigenvalue weighted by molar-refractivity contribution is 6.29. The topological polar surface area (TPSA) is 67.4 Å². The van der Waals surface area contributed by atoms with Gasteiger partial charge in [0.25, 0.3) is 0 Å². The van der Waals surface area contributed by atoms with Gasteiger partial charge in [0.2, 0.25) is 0 Å². The zero-order valence-corrected chi connectivity index (χ0v) is 18.2. The van der Waals surface area contributed by atoms with Crippen LogP contribution in [0.25, 0.3) is 11.3 Å². The average molecular weight is 437 g/mol. The number of aromatic amines is 1. The van der Waals surface area contributed by atoms with Gasteiger partial charge < -0.3 is 14.6 Å². The molecular weight excluding hydrogens is 412 g/mol. The van der Waals surface area contributed by atoms with Gasteiger partial charge in [-0.25, -0.2) is 0 Å². The van der Waals surface area contributed by atoms with E-state index >= 15 is 0 Å². The molecule has 1 aliphatic rings. The van der Waals surface area contributed by atoms with Crippen molar-refractivity contribution in [2.24, 2.45) is 0 Å². The molecule has 0 fully saturated rings. The van der Waals surface area contributed by atoms with Gasteiger partial charge in [0.15, 0.2) is 5.75 Å². The van der Waals surface area contributed by atoms with E-state index in [4.69, 9.17) is 21.1 Å². The second-order valence-corrected chi connectivity index (χ2v) is 7.90. The minimum absolute atomic E-state index is 0.0855. The van der Waals surface area contributed by atoms with E-state index in [0.29, 0.717) is 35.1 Å². The molecule has 1 heterocycles. The van der Waals surface area contributed by atoms with Gasteiger partial charge in [0, 0.05) is 23.1 Å². The van der Waals surface area contributed by atoms with E-state index in [1.807, 2.05) is 36.4 Å². The maximum Gasteiger partial charge on any atom is 0.173 e. The van der Waals surface area contributed by atoms with Crippen molar-refractivity contribution in [1.82, 2.24) is 10.2 Å². The smallest absolute Gasteiger partial charge is 0.173 e. The molecule has 0 amide bonds. The van der Waals surface area contributed by atoms with Crippen LogP contribution in [0, 0.1) is 0 Å². The molecule has 0 spiro atoms. The Morgan fingerprint density at radius 2 is 1.87 bits per heavy atom. The second-order valence-electron chi connectivity index (χ2n) is 7.41. The Morgan fingerprint density at radius 1 is 1.06 bits per heavy atom. The fourth-order valence-corrected chi connectivity index (χ4v) is 3.59. The number of aromatic nitrogens is 2. The number of nitrogens with zero attached hydrogens (tertiary/aromatic N) is 1. The van der Waals surface area contributed by atoms with Crippen molar-refractivity contribution in [3.8, 4) is 34.3 Å². The van der Waals surface area contributed by atoms with Crippen molar-refractivity contribution in [1.29, 1.82) is 0 Å². The summed E-state index contributed by atoms with van der Waals surface area (Å²) in [6.07, 6.45) is 9.34. The molecule has 0 aliphatic heterocycles. The number of hydrogen-bond acceptors (Lipinski definition) is 4. The fraction of sp³-hybridized carbons (Fsp3) is 0.240. The van der Waals surface area contributed by atoms with Crippen LogP contribution < -0.4 is 9.47 Å². The van der Waals surface area contributed by atoms with Crippen LogP contribution in [0.15, 0.2) is 71.4 Å². The van der Waals surface area contributed by atoms with Crippen molar-refractivity contribution < 1.29 is 14.6 Å². The lowest BCUT2D eigenvalue weighted by Gasteiger charge is -2.13. The molecule has 1 aliphatic carbocycles. The largest absolute Gasteiger partial charge is 0.507 e. The van der Waals surface area contributed by atoms with Crippen LogP contribution in [-0.2, 0) is 6.42 Å². The number of allylic oxidation sites excluding steroid dienone is 3. The summed E-state index contributed by atoms with van der Waals surface area (Å²) in [7, 11) is 0. The highest BCUT2D eigenvalue weighted by atomic mass is 35.5. The molecule has 0 atom stereocenters. The number of rotatable bonds is 8. The van der Waals surface area contributed by atoms with Crippen LogP contribution >= 0.6 is 11.6 Å². The Balaban J connectivity index is 1.42. The van der Waals surface area contributed by atoms with Gasteiger partial charge in [-0.3, -0.25) is 5.10 Å². The molecular formula is C25H25ClN2O3. The number of ether oxygens (including phenoxy) is 2. The first kappa shape index (κ1) is 21.1. The number of aryl methyl sites for hydroxylation is 1. The van der Waals surface area contributed by atoms with Gasteiger partial charge in [-0.2, -0.15) is 5.10 Å². The van der Waals surface area contributed by atoms with Gasteiger partial charge in [-0.05, 0) is 55.2 Å². The summed E-state index contributed by atoms with van der Waals surface area (Å²) in [6, 6.07) is 13.2. The Morgan fingerprint density at radius 3 is 2.58 bits per heavy atom. The van der Waals surface area contributed by atoms with Crippen molar-refractivity contribution in [3.63, 3.8) is 0 Å². The third kappa shape index (κ3) is 5.30. The number of H-pyrrole nitrogens is 1. The summed E-state index contributed by atoms with van der Waals surface area (Å²) in [5.41, 5.74) is 3.67. The SMILES string of the molecule is CCc1ccc(Oc2c[nH]nc2-c2ccc(OCCC3=CC=C(Cl)CC3)cc2O)cc1. The van der Waals surface area contributed by atoms with E-state index in [9.17, 15) is 5.11 Å². The van der Waals surface area contributed by atoms with E-state index in [0.717, 1.165) is 30.7 Å². The first-order chi connectivity index (χ1) is 15.1. The molecule has 4 rings (SSSR count). The van der Waals surface area contributed by atoms with Gasteiger partial charge >= 0.3 is 0 Å². The zero-order chi connectivity index (χ0) is 21.6. The van der Waals surface area contributed by atoms with Crippen LogP contribution in [0.1, 0.15) is 31.7 Å². The number of hydrogen-bond donors (Lipinski definition) is 2. The molecule has 0 unspecified atom stereocenters.